The summed E-state index contributed by atoms with van der Waals surface area (Å²) in [6.45, 7) is 21.1. The quantitative estimate of drug-likeness (QED) is 0.0416. The minimum Gasteiger partial charge on any atom is -0.496 e. The van der Waals surface area contributed by atoms with Crippen LogP contribution in [0.15, 0.2) is 83.6 Å². The van der Waals surface area contributed by atoms with Crippen molar-refractivity contribution in [2.45, 2.75) is 111 Å². The Labute approximate surface area is 351 Å². The molecule has 2 saturated carbocycles. The van der Waals surface area contributed by atoms with Gasteiger partial charge in [0.2, 0.25) is 18.2 Å². The number of methoxy groups -OCH3 is 1. The van der Waals surface area contributed by atoms with E-state index in [0.29, 0.717) is 35.9 Å². The van der Waals surface area contributed by atoms with Gasteiger partial charge in [0, 0.05) is 54.0 Å². The number of primary amides is 1. The van der Waals surface area contributed by atoms with Gasteiger partial charge in [-0.25, -0.2) is 0 Å². The average molecular weight is 819 g/mol. The predicted octanol–water partition coefficient (Wildman–Crippen LogP) is 9.01. The van der Waals surface area contributed by atoms with Crippen molar-refractivity contribution in [2.24, 2.45) is 22.6 Å². The van der Waals surface area contributed by atoms with Crippen LogP contribution in [-0.2, 0) is 14.4 Å². The maximum absolute atomic E-state index is 12.1. The zero-order valence-corrected chi connectivity index (χ0v) is 37.1. The highest BCUT2D eigenvalue weighted by atomic mass is 32.2. The summed E-state index contributed by atoms with van der Waals surface area (Å²) >= 11 is 1.60. The summed E-state index contributed by atoms with van der Waals surface area (Å²) in [4.78, 5) is 53.0. The maximum Gasteiger partial charge on any atom is 0.240 e. The largest absolute Gasteiger partial charge is 0.496 e. The zero-order chi connectivity index (χ0) is 43.5. The third-order valence-electron chi connectivity index (χ3n) is 9.42. The number of allylic oxidation sites excluding steroid dienone is 2. The minimum absolute atomic E-state index is 0.00694. The average Bonchev–Trinajstić information content (AvgIpc) is 4.19. The molecule has 12 heteroatoms. The number of ether oxygens (including phenoxy) is 1. The van der Waals surface area contributed by atoms with E-state index in [9.17, 15) is 19.2 Å². The van der Waals surface area contributed by atoms with Crippen LogP contribution in [0.4, 0.5) is 5.69 Å². The highest BCUT2D eigenvalue weighted by Crippen LogP contribution is 2.40. The minimum atomic E-state index is -0.399. The van der Waals surface area contributed by atoms with Crippen LogP contribution in [-0.4, -0.2) is 72.4 Å². The SMILES string of the molecule is C=CC1CC1C(=O)NSC1CC1.C=CCCCCC.CC.CCNc1ccccc1.CN=C(C)c1cc(=O)c2ccc(OC)c(C)c2[nH]1.NC(=O)C1CCCN1C=O. The summed E-state index contributed by atoms with van der Waals surface area (Å²) in [6, 6.07) is 15.0. The van der Waals surface area contributed by atoms with Crippen molar-refractivity contribution in [3.05, 3.63) is 95.3 Å². The van der Waals surface area contributed by atoms with E-state index in [1.165, 1.54) is 49.1 Å². The van der Waals surface area contributed by atoms with Crippen LogP contribution in [0.3, 0.4) is 0 Å². The van der Waals surface area contributed by atoms with Crippen molar-refractivity contribution in [3.8, 4) is 5.75 Å². The topological polar surface area (TPSA) is 159 Å². The Morgan fingerprint density at radius 3 is 2.28 bits per heavy atom. The standard InChI is InChI=1S/C14H16N2O2.C9H13NOS.C8H11N.C7H14.C6H10N2O2.C2H6/c1-8-13(18-4)6-5-10-12(17)7-11(9(2)15-3)16-14(8)10;1-2-6-5-8(6)9(11)10-12-7-3-4-7;1-2-9-8-6-4-3-5-7-8;1-3-5-7-6-4-2;7-6(10)5-2-1-3-8(5)4-9;1-2/h5-7H,1-4H3,(H,16,17);2,6-8H,1,3-5H2,(H,10,11);3-7,9H,2H2,1H3;3H,1,4-7H2,2H3;4-5H,1-3H2,(H2,7,10);1-2H3. The molecular formula is C46H70N6O5S. The van der Waals surface area contributed by atoms with Crippen LogP contribution in [0.1, 0.15) is 104 Å². The lowest BCUT2D eigenvalue weighted by Crippen LogP contribution is -2.39. The second-order valence-electron chi connectivity index (χ2n) is 13.8. The second kappa shape index (κ2) is 29.4. The third-order valence-corrected chi connectivity index (χ3v) is 10.5. The number of unbranched alkanes of at least 4 members (excludes halogenated alkanes) is 3. The number of aromatic amines is 1. The van der Waals surface area contributed by atoms with Gasteiger partial charge < -0.3 is 25.7 Å². The maximum atomic E-state index is 12.1. The van der Waals surface area contributed by atoms with Gasteiger partial charge in [0.15, 0.2) is 5.43 Å². The number of hydrogen-bond donors (Lipinski definition) is 4. The number of nitrogens with two attached hydrogens (primary N) is 1. The molecule has 6 rings (SSSR count). The van der Waals surface area contributed by atoms with Crippen molar-refractivity contribution < 1.29 is 19.1 Å². The zero-order valence-electron chi connectivity index (χ0n) is 36.3. The molecule has 2 heterocycles. The number of H-pyrrole nitrogens is 1. The Morgan fingerprint density at radius 1 is 1.09 bits per heavy atom. The number of aliphatic imine (C=N–C) groups is 1. The number of fused-ring (bicyclic) bond motifs is 1. The van der Waals surface area contributed by atoms with Gasteiger partial charge in [0.25, 0.3) is 0 Å². The Morgan fingerprint density at radius 2 is 1.78 bits per heavy atom. The molecule has 320 valence electrons. The number of benzene rings is 2. The first-order valence-corrected chi connectivity index (χ1v) is 21.5. The molecule has 3 aliphatic rings. The summed E-state index contributed by atoms with van der Waals surface area (Å²) in [5.41, 5.74) is 9.49. The molecule has 0 radical (unpaired) electrons. The Balaban J connectivity index is 0.000000373. The van der Waals surface area contributed by atoms with Crippen molar-refractivity contribution >= 4 is 52.5 Å². The molecule has 58 heavy (non-hydrogen) atoms. The fraction of sp³-hybridized carbons (Fsp3) is 0.500. The predicted molar refractivity (Wildman–Crippen MR) is 246 cm³/mol. The number of pyridine rings is 1. The molecule has 3 aromatic rings. The second-order valence-corrected chi connectivity index (χ2v) is 14.9. The van der Waals surface area contributed by atoms with Gasteiger partial charge >= 0.3 is 0 Å². The van der Waals surface area contributed by atoms with Crippen molar-refractivity contribution in [2.75, 3.05) is 32.6 Å². The number of amides is 3. The number of likely N-dealkylation sites (tertiary alicyclic amines) is 1. The van der Waals surface area contributed by atoms with E-state index < -0.39 is 5.91 Å². The van der Waals surface area contributed by atoms with Gasteiger partial charge in [0.1, 0.15) is 11.8 Å². The number of aryl methyl sites for hydroxylation is 1. The molecular weight excluding hydrogens is 749 g/mol. The van der Waals surface area contributed by atoms with Crippen LogP contribution in [0.25, 0.3) is 10.9 Å². The van der Waals surface area contributed by atoms with E-state index in [4.69, 9.17) is 10.5 Å². The number of carbonyl (C=O) groups is 3. The number of rotatable bonds is 14. The van der Waals surface area contributed by atoms with Crippen LogP contribution in [0.2, 0.25) is 0 Å². The Kier molecular flexibility index (Phi) is 25.9. The molecule has 0 bridgehead atoms. The Bertz CT molecular complexity index is 1780. The van der Waals surface area contributed by atoms with Crippen LogP contribution >= 0.6 is 11.9 Å². The first-order valence-electron chi connectivity index (χ1n) is 20.6. The summed E-state index contributed by atoms with van der Waals surface area (Å²) in [5, 5.41) is 4.58. The molecule has 0 spiro atoms. The summed E-state index contributed by atoms with van der Waals surface area (Å²) in [7, 11) is 3.32. The van der Waals surface area contributed by atoms with Crippen LogP contribution in [0, 0.1) is 18.8 Å². The van der Waals surface area contributed by atoms with Gasteiger partial charge in [-0.1, -0.05) is 64.0 Å². The van der Waals surface area contributed by atoms with Gasteiger partial charge in [-0.2, -0.15) is 0 Å². The summed E-state index contributed by atoms with van der Waals surface area (Å²) in [5.74, 6) is 1.25. The normalized spacial score (nSPS) is 17.3. The van der Waals surface area contributed by atoms with Crippen molar-refractivity contribution in [3.63, 3.8) is 0 Å². The molecule has 2 aromatic carbocycles. The third kappa shape index (κ3) is 18.6. The van der Waals surface area contributed by atoms with E-state index in [2.05, 4.69) is 59.2 Å². The smallest absolute Gasteiger partial charge is 0.240 e. The van der Waals surface area contributed by atoms with Gasteiger partial charge in [-0.3, -0.25) is 28.9 Å². The number of hydrogen-bond acceptors (Lipinski definition) is 8. The summed E-state index contributed by atoms with van der Waals surface area (Å²) < 4.78 is 8.17. The fourth-order valence-electron chi connectivity index (χ4n) is 5.67. The lowest BCUT2D eigenvalue weighted by molar-refractivity contribution is -0.128. The first-order chi connectivity index (χ1) is 28.0. The van der Waals surface area contributed by atoms with Gasteiger partial charge in [0.05, 0.1) is 24.0 Å². The van der Waals surface area contributed by atoms with Gasteiger partial charge in [-0.05, 0) is 108 Å². The van der Waals surface area contributed by atoms with Gasteiger partial charge in [-0.15, -0.1) is 13.2 Å². The highest BCUT2D eigenvalue weighted by Gasteiger charge is 2.41. The van der Waals surface area contributed by atoms with Crippen molar-refractivity contribution in [1.29, 1.82) is 0 Å². The molecule has 3 unspecified atom stereocenters. The van der Waals surface area contributed by atoms with Crippen LogP contribution in [0.5, 0.6) is 5.75 Å². The summed E-state index contributed by atoms with van der Waals surface area (Å²) in [6.07, 6.45) is 14.8. The Hall–Kier alpha value is -4.84. The molecule has 1 saturated heterocycles. The van der Waals surface area contributed by atoms with Crippen LogP contribution < -0.4 is 25.9 Å². The van der Waals surface area contributed by atoms with Crippen molar-refractivity contribution in [1.82, 2.24) is 14.6 Å². The first kappa shape index (κ1) is 51.2. The number of anilines is 1. The molecule has 2 aliphatic carbocycles. The monoisotopic (exact) mass is 819 g/mol. The number of para-hydroxylation sites is 1. The number of nitrogens with zero attached hydrogens (tertiary/aromatic N) is 2. The van der Waals surface area contributed by atoms with E-state index in [0.717, 1.165) is 47.6 Å². The van der Waals surface area contributed by atoms with E-state index in [1.807, 2.05) is 64.1 Å². The number of nitrogens with one attached hydrogen (secondary N) is 3. The molecule has 3 fully saturated rings. The number of aromatic nitrogens is 1. The number of carbonyl (C=O) groups excluding carboxylic acids is 3. The lowest BCUT2D eigenvalue weighted by Gasteiger charge is -2.15. The molecule has 11 nitrogen and oxygen atoms in total. The fourth-order valence-corrected chi connectivity index (χ4v) is 6.48. The molecule has 5 N–H and O–H groups in total. The molecule has 1 aromatic heterocycles. The van der Waals surface area contributed by atoms with E-state index in [1.54, 1.807) is 38.2 Å². The highest BCUT2D eigenvalue weighted by molar-refractivity contribution is 7.98. The molecule has 3 atom stereocenters. The van der Waals surface area contributed by atoms with E-state index >= 15 is 0 Å². The molecule has 3 amide bonds. The molecule has 1 aliphatic heterocycles. The lowest BCUT2D eigenvalue weighted by atomic mass is 10.1. The van der Waals surface area contributed by atoms with E-state index in [-0.39, 0.29) is 23.3 Å².